The van der Waals surface area contributed by atoms with Gasteiger partial charge in [0, 0.05) is 35.6 Å². The van der Waals surface area contributed by atoms with Gasteiger partial charge in [-0.15, -0.1) is 0 Å². The van der Waals surface area contributed by atoms with Gasteiger partial charge < -0.3 is 15.5 Å². The molecule has 0 bridgehead atoms. The van der Waals surface area contributed by atoms with Crippen LogP contribution in [0.15, 0.2) is 30.5 Å². The second-order valence-electron chi connectivity index (χ2n) is 6.71. The predicted octanol–water partition coefficient (Wildman–Crippen LogP) is 3.80. The molecule has 0 unspecified atom stereocenters. The van der Waals surface area contributed by atoms with Crippen LogP contribution in [0.4, 0.5) is 24.8 Å². The number of carboxylic acid groups (broad SMARTS) is 1. The first kappa shape index (κ1) is 23.8. The van der Waals surface area contributed by atoms with Crippen LogP contribution < -0.4 is 5.32 Å². The molecule has 1 aliphatic rings. The first-order valence-corrected chi connectivity index (χ1v) is 9.51. The Morgan fingerprint density at radius 3 is 2.53 bits per heavy atom. The molecule has 7 nitrogen and oxygen atoms in total. The summed E-state index contributed by atoms with van der Waals surface area (Å²) in [4.78, 5) is 18.0. The van der Waals surface area contributed by atoms with Gasteiger partial charge in [-0.3, -0.25) is 9.69 Å². The van der Waals surface area contributed by atoms with Crippen molar-refractivity contribution in [2.75, 3.05) is 25.0 Å². The smallest absolute Gasteiger partial charge is 0.433 e. The van der Waals surface area contributed by atoms with Crippen LogP contribution in [0.3, 0.4) is 0 Å². The molecule has 3 N–H and O–H groups in total. The van der Waals surface area contributed by atoms with Crippen LogP contribution in [0.1, 0.15) is 24.1 Å². The normalized spacial score (nSPS) is 15.2. The van der Waals surface area contributed by atoms with Gasteiger partial charge in [-0.25, -0.2) is 9.97 Å². The van der Waals surface area contributed by atoms with Crippen molar-refractivity contribution in [1.82, 2.24) is 14.9 Å². The van der Waals surface area contributed by atoms with Gasteiger partial charge >= 0.3 is 6.18 Å². The van der Waals surface area contributed by atoms with E-state index in [2.05, 4.69) is 15.3 Å². The Balaban J connectivity index is 0.00000101. The number of piperidine rings is 1. The van der Waals surface area contributed by atoms with Crippen molar-refractivity contribution in [2.24, 2.45) is 5.92 Å². The highest BCUT2D eigenvalue weighted by Gasteiger charge is 2.36. The molecule has 0 radical (unpaired) electrons. The average molecular weight is 447 g/mol. The maximum absolute atomic E-state index is 13.5. The fraction of sp³-hybridized carbons (Fsp3) is 0.421. The predicted molar refractivity (Wildman–Crippen MR) is 106 cm³/mol. The molecule has 0 aliphatic carbocycles. The first-order chi connectivity index (χ1) is 14.3. The van der Waals surface area contributed by atoms with E-state index in [1.807, 2.05) is 4.90 Å². The van der Waals surface area contributed by atoms with Gasteiger partial charge in [-0.1, -0.05) is 17.7 Å². The lowest BCUT2D eigenvalue weighted by molar-refractivity contribution is -0.142. The summed E-state index contributed by atoms with van der Waals surface area (Å²) in [7, 11) is 0. The van der Waals surface area contributed by atoms with Crippen molar-refractivity contribution < 1.29 is 28.2 Å². The maximum atomic E-state index is 13.5. The zero-order valence-corrected chi connectivity index (χ0v) is 16.7. The lowest BCUT2D eigenvalue weighted by Crippen LogP contribution is -2.35. The quantitative estimate of drug-likeness (QED) is 0.601. The van der Waals surface area contributed by atoms with E-state index in [-0.39, 0.29) is 37.1 Å². The molecule has 0 spiro atoms. The second kappa shape index (κ2) is 11.1. The number of halogens is 4. The Bertz CT molecular complexity index is 831. The van der Waals surface area contributed by atoms with Crippen molar-refractivity contribution in [1.29, 1.82) is 0 Å². The average Bonchev–Trinajstić information content (AvgIpc) is 2.69. The molecule has 0 amide bonds. The van der Waals surface area contributed by atoms with Crippen molar-refractivity contribution in [3.05, 3.63) is 46.7 Å². The fourth-order valence-corrected chi connectivity index (χ4v) is 3.28. The number of carbonyl (C=O) groups is 1. The van der Waals surface area contributed by atoms with Crippen molar-refractivity contribution >= 4 is 29.7 Å². The van der Waals surface area contributed by atoms with Crippen molar-refractivity contribution in [3.8, 4) is 0 Å². The van der Waals surface area contributed by atoms with Crippen LogP contribution in [0.25, 0.3) is 0 Å². The van der Waals surface area contributed by atoms with Gasteiger partial charge in [0.2, 0.25) is 5.95 Å². The Morgan fingerprint density at radius 2 is 1.97 bits per heavy atom. The number of rotatable bonds is 5. The number of likely N-dealkylation sites (tertiary alicyclic amines) is 1. The minimum absolute atomic E-state index is 0.0431. The molecule has 0 saturated carbocycles. The van der Waals surface area contributed by atoms with Gasteiger partial charge in [-0.2, -0.15) is 13.2 Å². The number of alkyl halides is 3. The molecule has 2 aromatic rings. The first-order valence-electron chi connectivity index (χ1n) is 9.13. The summed E-state index contributed by atoms with van der Waals surface area (Å²) < 4.78 is 40.5. The largest absolute Gasteiger partial charge is 0.483 e. The summed E-state index contributed by atoms with van der Waals surface area (Å²) in [6.07, 6.45) is -1.81. The number of aliphatic hydroxyl groups excluding tert-OH is 1. The number of aromatic nitrogens is 2. The van der Waals surface area contributed by atoms with Gasteiger partial charge in [0.25, 0.3) is 6.47 Å². The zero-order valence-electron chi connectivity index (χ0n) is 15.9. The molecule has 30 heavy (non-hydrogen) atoms. The highest BCUT2D eigenvalue weighted by molar-refractivity contribution is 6.30. The number of anilines is 2. The molecular weight excluding hydrogens is 425 g/mol. The molecule has 1 aromatic heterocycles. The standard InChI is InChI=1S/C18H20ClF3N4O.CH2O2/c19-14-2-1-3-15(8-14)24-17-23-9-13(16(25-17)18(20,21)22)10-26-6-4-12(11-27)5-7-26;2-1-3/h1-3,8-9,12,27H,4-7,10-11H2,(H,23,24,25);1H,(H,2,3). The molecule has 1 fully saturated rings. The summed E-state index contributed by atoms with van der Waals surface area (Å²) in [6, 6.07) is 6.59. The minimum atomic E-state index is -4.58. The molecule has 1 saturated heterocycles. The number of aliphatic hydroxyl groups is 1. The monoisotopic (exact) mass is 446 g/mol. The Kier molecular flexibility index (Phi) is 8.82. The van der Waals surface area contributed by atoms with Crippen molar-refractivity contribution in [3.63, 3.8) is 0 Å². The van der Waals surface area contributed by atoms with E-state index in [4.69, 9.17) is 21.5 Å². The fourth-order valence-electron chi connectivity index (χ4n) is 3.09. The highest BCUT2D eigenvalue weighted by Crippen LogP contribution is 2.32. The topological polar surface area (TPSA) is 98.6 Å². The van der Waals surface area contributed by atoms with Crippen LogP contribution in [-0.4, -0.2) is 51.2 Å². The number of nitrogens with one attached hydrogen (secondary N) is 1. The van der Waals surface area contributed by atoms with E-state index < -0.39 is 11.9 Å². The lowest BCUT2D eigenvalue weighted by atomic mass is 9.97. The second-order valence-corrected chi connectivity index (χ2v) is 7.14. The third-order valence-corrected chi connectivity index (χ3v) is 4.81. The highest BCUT2D eigenvalue weighted by atomic mass is 35.5. The molecule has 1 aliphatic heterocycles. The molecule has 0 atom stereocenters. The summed E-state index contributed by atoms with van der Waals surface area (Å²) in [5.74, 6) is 0.0937. The number of benzene rings is 1. The van der Waals surface area contributed by atoms with Crippen LogP contribution >= 0.6 is 11.6 Å². The van der Waals surface area contributed by atoms with Gasteiger partial charge in [0.15, 0.2) is 5.69 Å². The van der Waals surface area contributed by atoms with Gasteiger partial charge in [-0.05, 0) is 50.0 Å². The van der Waals surface area contributed by atoms with E-state index in [1.165, 1.54) is 6.20 Å². The third kappa shape index (κ3) is 7.12. The Hall–Kier alpha value is -2.43. The van der Waals surface area contributed by atoms with E-state index in [0.29, 0.717) is 23.8 Å². The lowest BCUT2D eigenvalue weighted by Gasteiger charge is -2.31. The number of hydrogen-bond donors (Lipinski definition) is 3. The molecule has 3 rings (SSSR count). The number of nitrogens with zero attached hydrogens (tertiary/aromatic N) is 3. The van der Waals surface area contributed by atoms with E-state index in [9.17, 15) is 18.3 Å². The third-order valence-electron chi connectivity index (χ3n) is 4.57. The van der Waals surface area contributed by atoms with E-state index >= 15 is 0 Å². The maximum Gasteiger partial charge on any atom is 0.433 e. The van der Waals surface area contributed by atoms with E-state index in [0.717, 1.165) is 12.8 Å². The minimum Gasteiger partial charge on any atom is -0.483 e. The summed E-state index contributed by atoms with van der Waals surface area (Å²) >= 11 is 5.89. The van der Waals surface area contributed by atoms with Crippen LogP contribution in [0.5, 0.6) is 0 Å². The van der Waals surface area contributed by atoms with Crippen LogP contribution in [-0.2, 0) is 17.5 Å². The van der Waals surface area contributed by atoms with E-state index in [1.54, 1.807) is 24.3 Å². The van der Waals surface area contributed by atoms with Crippen molar-refractivity contribution in [2.45, 2.75) is 25.6 Å². The molecule has 2 heterocycles. The SMILES string of the molecule is O=CO.OCC1CCN(Cc2cnc(Nc3cccc(Cl)c3)nc2C(F)(F)F)CC1. The molecule has 1 aromatic carbocycles. The summed E-state index contributed by atoms with van der Waals surface area (Å²) in [5.41, 5.74) is -0.387. The van der Waals surface area contributed by atoms with Crippen LogP contribution in [0, 0.1) is 5.92 Å². The molecule has 11 heteroatoms. The zero-order chi connectivity index (χ0) is 22.1. The number of hydrogen-bond acceptors (Lipinski definition) is 6. The Labute approximate surface area is 176 Å². The van der Waals surface area contributed by atoms with Gasteiger partial charge in [0.1, 0.15) is 0 Å². The summed E-state index contributed by atoms with van der Waals surface area (Å²) in [5, 5.41) is 19.3. The molecule has 164 valence electrons. The molecular formula is C19H22ClF3N4O3. The Morgan fingerprint density at radius 1 is 1.30 bits per heavy atom. The van der Waals surface area contributed by atoms with Crippen LogP contribution in [0.2, 0.25) is 5.02 Å². The summed E-state index contributed by atoms with van der Waals surface area (Å²) in [6.45, 7) is 1.29. The van der Waals surface area contributed by atoms with Gasteiger partial charge in [0.05, 0.1) is 0 Å².